The van der Waals surface area contributed by atoms with E-state index in [0.29, 0.717) is 5.69 Å². The molecule has 0 aliphatic heterocycles. The van der Waals surface area contributed by atoms with Crippen LogP contribution in [0, 0.1) is 0 Å². The fourth-order valence-corrected chi connectivity index (χ4v) is 0.715. The molecular formula is C8H15N3O4. The number of rotatable bonds is 4. The molecule has 0 spiro atoms. The molecule has 0 aromatic carbocycles. The number of nitrogens with two attached hydrogens (primary N) is 1. The second-order valence-corrected chi connectivity index (χ2v) is 2.66. The van der Waals surface area contributed by atoms with Crippen molar-refractivity contribution in [3.63, 3.8) is 0 Å². The predicted molar refractivity (Wildman–Crippen MR) is 52.1 cm³/mol. The zero-order valence-electron chi connectivity index (χ0n) is 8.13. The first-order valence-corrected chi connectivity index (χ1v) is 4.29. The number of H-pyrrole nitrogens is 1. The number of aromatic nitrogens is 2. The largest absolute Gasteiger partial charge is 0.480 e. The molecule has 0 aliphatic carbocycles. The number of nitrogens with one attached hydrogen (secondary N) is 1. The van der Waals surface area contributed by atoms with E-state index in [1.54, 1.807) is 6.20 Å². The Morgan fingerprint density at radius 1 is 1.53 bits per heavy atom. The molecule has 6 N–H and O–H groups in total. The van der Waals surface area contributed by atoms with Crippen LogP contribution < -0.4 is 5.73 Å². The van der Waals surface area contributed by atoms with Crippen molar-refractivity contribution < 1.29 is 20.1 Å². The third kappa shape index (κ3) is 6.61. The summed E-state index contributed by atoms with van der Waals surface area (Å²) in [7, 11) is 0. The zero-order valence-corrected chi connectivity index (χ0v) is 8.13. The first-order valence-electron chi connectivity index (χ1n) is 4.29. The minimum absolute atomic E-state index is 0.125. The highest BCUT2D eigenvalue weighted by Gasteiger charge is 2.12. The third-order valence-electron chi connectivity index (χ3n) is 1.40. The molecule has 1 atom stereocenters. The van der Waals surface area contributed by atoms with E-state index in [2.05, 4.69) is 9.97 Å². The van der Waals surface area contributed by atoms with Gasteiger partial charge in [0.1, 0.15) is 6.04 Å². The van der Waals surface area contributed by atoms with E-state index >= 15 is 0 Å². The van der Waals surface area contributed by atoms with Gasteiger partial charge in [0, 0.05) is 12.6 Å². The lowest BCUT2D eigenvalue weighted by molar-refractivity contribution is -0.138. The molecule has 1 rings (SSSR count). The second-order valence-electron chi connectivity index (χ2n) is 2.66. The summed E-state index contributed by atoms with van der Waals surface area (Å²) < 4.78 is 0. The maximum Gasteiger partial charge on any atom is 0.320 e. The molecule has 0 radical (unpaired) electrons. The second kappa shape index (κ2) is 7.92. The number of aromatic amines is 1. The molecule has 15 heavy (non-hydrogen) atoms. The van der Waals surface area contributed by atoms with Gasteiger partial charge in [-0.2, -0.15) is 0 Å². The van der Waals surface area contributed by atoms with E-state index in [4.69, 9.17) is 21.1 Å². The van der Waals surface area contributed by atoms with Gasteiger partial charge in [-0.1, -0.05) is 0 Å². The fourth-order valence-electron chi connectivity index (χ4n) is 0.715. The molecule has 7 heteroatoms. The summed E-state index contributed by atoms with van der Waals surface area (Å²) in [4.78, 5) is 16.8. The van der Waals surface area contributed by atoms with Crippen LogP contribution in [-0.2, 0) is 11.2 Å². The van der Waals surface area contributed by atoms with Gasteiger partial charge in [-0.3, -0.25) is 4.79 Å². The summed E-state index contributed by atoms with van der Waals surface area (Å²) in [5.74, 6) is -1.01. The average Bonchev–Trinajstić information content (AvgIpc) is 2.70. The van der Waals surface area contributed by atoms with E-state index in [9.17, 15) is 4.79 Å². The smallest absolute Gasteiger partial charge is 0.320 e. The van der Waals surface area contributed by atoms with Crippen molar-refractivity contribution >= 4 is 5.97 Å². The van der Waals surface area contributed by atoms with Gasteiger partial charge < -0.3 is 26.0 Å². The topological polar surface area (TPSA) is 132 Å². The van der Waals surface area contributed by atoms with Crippen molar-refractivity contribution in [1.29, 1.82) is 0 Å². The molecule has 0 saturated carbocycles. The minimum Gasteiger partial charge on any atom is -0.480 e. The fraction of sp³-hybridized carbons (Fsp3) is 0.500. The number of carboxylic acids is 1. The molecule has 0 amide bonds. The van der Waals surface area contributed by atoms with Gasteiger partial charge in [-0.15, -0.1) is 0 Å². The molecular weight excluding hydrogens is 202 g/mol. The highest BCUT2D eigenvalue weighted by molar-refractivity contribution is 5.73. The molecule has 1 heterocycles. The molecule has 0 fully saturated rings. The lowest BCUT2D eigenvalue weighted by atomic mass is 10.2. The van der Waals surface area contributed by atoms with Crippen molar-refractivity contribution in [3.8, 4) is 0 Å². The third-order valence-corrected chi connectivity index (χ3v) is 1.40. The van der Waals surface area contributed by atoms with Gasteiger partial charge in [-0.25, -0.2) is 4.98 Å². The standard InChI is InChI=1S/C6H9N3O2.C2H6O2/c7-5(6(10)11)1-4-2-8-3-9-4;3-1-2-4/h2-3,5H,1,7H2,(H,8,9)(H,10,11);3-4H,1-2H2. The number of carbonyl (C=O) groups is 1. The highest BCUT2D eigenvalue weighted by atomic mass is 16.4. The summed E-state index contributed by atoms with van der Waals surface area (Å²) in [6.07, 6.45) is 3.38. The number of aliphatic hydroxyl groups is 2. The van der Waals surface area contributed by atoms with E-state index in [-0.39, 0.29) is 19.6 Å². The molecule has 0 bridgehead atoms. The first-order chi connectivity index (χ1) is 7.11. The van der Waals surface area contributed by atoms with Crippen LogP contribution in [0.5, 0.6) is 0 Å². The number of hydrogen-bond acceptors (Lipinski definition) is 5. The van der Waals surface area contributed by atoms with Crippen LogP contribution in [0.15, 0.2) is 12.5 Å². The van der Waals surface area contributed by atoms with Crippen LogP contribution in [0.25, 0.3) is 0 Å². The van der Waals surface area contributed by atoms with Gasteiger partial charge in [0.15, 0.2) is 0 Å². The Hall–Kier alpha value is -1.44. The SMILES string of the molecule is NC(Cc1c[nH]cn1)C(=O)O.OCCO. The van der Waals surface area contributed by atoms with Gasteiger partial charge in [-0.05, 0) is 0 Å². The Morgan fingerprint density at radius 2 is 2.13 bits per heavy atom. The number of hydrogen-bond donors (Lipinski definition) is 5. The lowest BCUT2D eigenvalue weighted by Crippen LogP contribution is -2.32. The van der Waals surface area contributed by atoms with Crippen molar-refractivity contribution in [2.45, 2.75) is 12.5 Å². The summed E-state index contributed by atoms with van der Waals surface area (Å²) >= 11 is 0. The van der Waals surface area contributed by atoms with Gasteiger partial charge in [0.2, 0.25) is 0 Å². The van der Waals surface area contributed by atoms with Crippen LogP contribution in [0.4, 0.5) is 0 Å². The van der Waals surface area contributed by atoms with Crippen LogP contribution in [0.3, 0.4) is 0 Å². The highest BCUT2D eigenvalue weighted by Crippen LogP contribution is 1.95. The molecule has 1 aromatic heterocycles. The molecule has 1 unspecified atom stereocenters. The van der Waals surface area contributed by atoms with Crippen molar-refractivity contribution in [3.05, 3.63) is 18.2 Å². The van der Waals surface area contributed by atoms with Crippen molar-refractivity contribution in [2.24, 2.45) is 5.73 Å². The Kier molecular flexibility index (Phi) is 7.16. The number of aliphatic hydroxyl groups excluding tert-OH is 2. The Bertz CT molecular complexity index is 261. The van der Waals surface area contributed by atoms with Crippen LogP contribution in [-0.4, -0.2) is 50.5 Å². The van der Waals surface area contributed by atoms with E-state index < -0.39 is 12.0 Å². The Labute approximate surface area is 86.6 Å². The Morgan fingerprint density at radius 3 is 2.47 bits per heavy atom. The number of carboxylic acid groups (broad SMARTS) is 1. The monoisotopic (exact) mass is 217 g/mol. The minimum atomic E-state index is -1.01. The number of aliphatic carboxylic acids is 1. The normalized spacial score (nSPS) is 11.4. The van der Waals surface area contributed by atoms with E-state index in [0.717, 1.165) is 0 Å². The van der Waals surface area contributed by atoms with Crippen LogP contribution in [0.1, 0.15) is 5.69 Å². The average molecular weight is 217 g/mol. The molecule has 0 aliphatic rings. The predicted octanol–water partition coefficient (Wildman–Crippen LogP) is -1.66. The summed E-state index contributed by atoms with van der Waals surface area (Å²) in [6.45, 7) is -0.250. The quantitative estimate of drug-likeness (QED) is 0.410. The van der Waals surface area contributed by atoms with Gasteiger partial charge in [0.25, 0.3) is 0 Å². The lowest BCUT2D eigenvalue weighted by Gasteiger charge is -2.01. The molecule has 1 aromatic rings. The molecule has 86 valence electrons. The Balaban J connectivity index is 0.000000423. The van der Waals surface area contributed by atoms with Crippen LogP contribution >= 0.6 is 0 Å². The maximum absolute atomic E-state index is 10.3. The van der Waals surface area contributed by atoms with Crippen molar-refractivity contribution in [2.75, 3.05) is 13.2 Å². The first kappa shape index (κ1) is 13.6. The zero-order chi connectivity index (χ0) is 11.7. The molecule has 7 nitrogen and oxygen atoms in total. The van der Waals surface area contributed by atoms with Gasteiger partial charge >= 0.3 is 5.97 Å². The summed E-state index contributed by atoms with van der Waals surface area (Å²) in [5.41, 5.74) is 5.92. The summed E-state index contributed by atoms with van der Waals surface area (Å²) in [5, 5.41) is 23.7. The van der Waals surface area contributed by atoms with Crippen molar-refractivity contribution in [1.82, 2.24) is 9.97 Å². The van der Waals surface area contributed by atoms with E-state index in [1.807, 2.05) is 0 Å². The maximum atomic E-state index is 10.3. The molecule has 0 saturated heterocycles. The summed E-state index contributed by atoms with van der Waals surface area (Å²) in [6, 6.07) is -0.863. The van der Waals surface area contributed by atoms with E-state index in [1.165, 1.54) is 6.33 Å². The van der Waals surface area contributed by atoms with Gasteiger partial charge in [0.05, 0.1) is 25.2 Å². The number of nitrogens with zero attached hydrogens (tertiary/aromatic N) is 1. The number of imidazole rings is 1. The van der Waals surface area contributed by atoms with Crippen LogP contribution in [0.2, 0.25) is 0 Å².